The number of imidazole rings is 1. The highest BCUT2D eigenvalue weighted by Gasteiger charge is 2.26. The molecule has 0 radical (unpaired) electrons. The van der Waals surface area contributed by atoms with Crippen LogP contribution in [-0.4, -0.2) is 41.3 Å². The highest BCUT2D eigenvalue weighted by Crippen LogP contribution is 2.24. The Morgan fingerprint density at radius 3 is 2.45 bits per heavy atom. The first kappa shape index (κ1) is 21.5. The normalized spacial score (nSPS) is 15.3. The van der Waals surface area contributed by atoms with E-state index in [9.17, 15) is 13.2 Å². The van der Waals surface area contributed by atoms with Gasteiger partial charge < -0.3 is 9.88 Å². The number of piperidine rings is 1. The summed E-state index contributed by atoms with van der Waals surface area (Å²) in [6.07, 6.45) is 4.84. The second kappa shape index (κ2) is 8.80. The van der Waals surface area contributed by atoms with E-state index < -0.39 is 10.0 Å². The van der Waals surface area contributed by atoms with Crippen LogP contribution < -0.4 is 5.32 Å². The van der Waals surface area contributed by atoms with Crippen molar-refractivity contribution in [1.82, 2.24) is 13.9 Å². The van der Waals surface area contributed by atoms with Gasteiger partial charge in [0.15, 0.2) is 0 Å². The van der Waals surface area contributed by atoms with Gasteiger partial charge in [-0.2, -0.15) is 4.31 Å². The molecule has 0 saturated carbocycles. The van der Waals surface area contributed by atoms with Crippen LogP contribution in [0, 0.1) is 13.8 Å². The molecule has 4 rings (SSSR count). The molecule has 1 saturated heterocycles. The Balaban J connectivity index is 1.45. The van der Waals surface area contributed by atoms with Gasteiger partial charge in [0.2, 0.25) is 15.9 Å². The van der Waals surface area contributed by atoms with Crippen molar-refractivity contribution in [3.05, 3.63) is 53.9 Å². The first-order chi connectivity index (χ1) is 14.8. The lowest BCUT2D eigenvalue weighted by Crippen LogP contribution is -2.35. The van der Waals surface area contributed by atoms with E-state index in [4.69, 9.17) is 0 Å². The number of aryl methyl sites for hydroxylation is 3. The largest absolute Gasteiger partial charge is 0.330 e. The summed E-state index contributed by atoms with van der Waals surface area (Å²) in [6, 6.07) is 11.0. The van der Waals surface area contributed by atoms with Crippen LogP contribution in [0.2, 0.25) is 0 Å². The fraction of sp³-hybridized carbons (Fsp3) is 0.391. The molecule has 1 aliphatic rings. The molecule has 0 aliphatic carbocycles. The molecule has 0 spiro atoms. The Hall–Kier alpha value is -2.71. The van der Waals surface area contributed by atoms with Crippen LogP contribution in [0.5, 0.6) is 0 Å². The first-order valence-corrected chi connectivity index (χ1v) is 12.1. The van der Waals surface area contributed by atoms with E-state index in [2.05, 4.69) is 16.4 Å². The van der Waals surface area contributed by atoms with E-state index in [1.807, 2.05) is 30.5 Å². The summed E-state index contributed by atoms with van der Waals surface area (Å²) in [7, 11) is -3.49. The number of anilines is 1. The minimum Gasteiger partial charge on any atom is -0.330 e. The number of carbonyl (C=O) groups excluding carboxylic acids is 1. The van der Waals surface area contributed by atoms with Crippen LogP contribution in [0.15, 0.2) is 47.6 Å². The van der Waals surface area contributed by atoms with E-state index in [-0.39, 0.29) is 10.8 Å². The van der Waals surface area contributed by atoms with Crippen LogP contribution in [-0.2, 0) is 21.4 Å². The van der Waals surface area contributed by atoms with Gasteiger partial charge in [0.05, 0.1) is 22.3 Å². The van der Waals surface area contributed by atoms with Gasteiger partial charge in [-0.3, -0.25) is 4.79 Å². The molecule has 164 valence electrons. The number of hydrogen-bond acceptors (Lipinski definition) is 4. The van der Waals surface area contributed by atoms with Crippen molar-refractivity contribution >= 4 is 32.7 Å². The molecule has 1 amide bonds. The molecule has 2 heterocycles. The average Bonchev–Trinajstić information content (AvgIpc) is 3.14. The monoisotopic (exact) mass is 440 g/mol. The van der Waals surface area contributed by atoms with E-state index in [1.54, 1.807) is 28.8 Å². The van der Waals surface area contributed by atoms with E-state index >= 15 is 0 Å². The number of nitrogens with zero attached hydrogens (tertiary/aromatic N) is 3. The maximum atomic E-state index is 12.9. The van der Waals surface area contributed by atoms with Gasteiger partial charge in [-0.1, -0.05) is 12.5 Å². The Kier molecular flexibility index (Phi) is 6.11. The van der Waals surface area contributed by atoms with Crippen LogP contribution >= 0.6 is 0 Å². The number of benzene rings is 2. The fourth-order valence-corrected chi connectivity index (χ4v) is 5.67. The molecule has 1 fully saturated rings. The van der Waals surface area contributed by atoms with Crippen molar-refractivity contribution in [3.63, 3.8) is 0 Å². The lowest BCUT2D eigenvalue weighted by Gasteiger charge is -2.25. The molecular formula is C23H28N4O3S. The Bertz CT molecular complexity index is 1190. The van der Waals surface area contributed by atoms with Crippen LogP contribution in [0.1, 0.15) is 36.8 Å². The van der Waals surface area contributed by atoms with Gasteiger partial charge in [-0.25, -0.2) is 13.4 Å². The van der Waals surface area contributed by atoms with Crippen LogP contribution in [0.3, 0.4) is 0 Å². The molecule has 1 aliphatic heterocycles. The molecule has 0 unspecified atom stereocenters. The predicted octanol–water partition coefficient (Wildman–Crippen LogP) is 3.86. The van der Waals surface area contributed by atoms with Gasteiger partial charge in [0, 0.05) is 31.7 Å². The van der Waals surface area contributed by atoms with Crippen molar-refractivity contribution in [3.8, 4) is 0 Å². The molecular weight excluding hydrogens is 412 g/mol. The minimum atomic E-state index is -3.49. The number of rotatable bonds is 6. The molecule has 1 aromatic heterocycles. The second-order valence-corrected chi connectivity index (χ2v) is 10.2. The molecule has 0 atom stereocenters. The molecule has 3 aromatic rings. The number of aromatic nitrogens is 2. The van der Waals surface area contributed by atoms with E-state index in [0.717, 1.165) is 41.6 Å². The Morgan fingerprint density at radius 2 is 1.74 bits per heavy atom. The summed E-state index contributed by atoms with van der Waals surface area (Å²) >= 11 is 0. The number of amides is 1. The zero-order valence-electron chi connectivity index (χ0n) is 18.0. The maximum absolute atomic E-state index is 12.9. The summed E-state index contributed by atoms with van der Waals surface area (Å²) in [4.78, 5) is 17.0. The van der Waals surface area contributed by atoms with Crippen molar-refractivity contribution in [1.29, 1.82) is 0 Å². The van der Waals surface area contributed by atoms with Gasteiger partial charge in [-0.15, -0.1) is 0 Å². The third-order valence-electron chi connectivity index (χ3n) is 5.63. The van der Waals surface area contributed by atoms with Crippen molar-refractivity contribution < 1.29 is 13.2 Å². The van der Waals surface area contributed by atoms with E-state index in [0.29, 0.717) is 31.6 Å². The molecule has 2 aromatic carbocycles. The Morgan fingerprint density at radius 1 is 1.03 bits per heavy atom. The van der Waals surface area contributed by atoms with Crippen LogP contribution in [0.4, 0.5) is 5.69 Å². The van der Waals surface area contributed by atoms with Gasteiger partial charge in [0.25, 0.3) is 0 Å². The maximum Gasteiger partial charge on any atom is 0.243 e. The van der Waals surface area contributed by atoms with Gasteiger partial charge in [0.1, 0.15) is 0 Å². The zero-order chi connectivity index (χ0) is 22.0. The van der Waals surface area contributed by atoms with Crippen molar-refractivity contribution in [2.75, 3.05) is 18.4 Å². The molecule has 0 bridgehead atoms. The lowest BCUT2D eigenvalue weighted by molar-refractivity contribution is -0.116. The smallest absolute Gasteiger partial charge is 0.243 e. The zero-order valence-corrected chi connectivity index (χ0v) is 18.8. The number of sulfonamides is 1. The van der Waals surface area contributed by atoms with Crippen LogP contribution in [0.25, 0.3) is 11.0 Å². The standard InChI is InChI=1S/C23H28N4O3S/c1-17-12-18(2)14-19(13-17)25-23(28)8-11-26-16-24-21-15-20(6-7-22(21)26)31(29,30)27-9-4-3-5-10-27/h6-7,12-16H,3-5,8-11H2,1-2H3,(H,25,28). The topological polar surface area (TPSA) is 84.3 Å². The average molecular weight is 441 g/mol. The second-order valence-electron chi connectivity index (χ2n) is 8.23. The molecule has 1 N–H and O–H groups in total. The van der Waals surface area contributed by atoms with Gasteiger partial charge in [-0.05, 0) is 68.1 Å². The molecule has 31 heavy (non-hydrogen) atoms. The fourth-order valence-electron chi connectivity index (χ4n) is 4.13. The SMILES string of the molecule is Cc1cc(C)cc(NC(=O)CCn2cnc3cc(S(=O)(=O)N4CCCCC4)ccc32)c1. The molecule has 8 heteroatoms. The lowest BCUT2D eigenvalue weighted by atomic mass is 10.1. The number of nitrogens with one attached hydrogen (secondary N) is 1. The Labute approximate surface area is 183 Å². The first-order valence-electron chi connectivity index (χ1n) is 10.7. The highest BCUT2D eigenvalue weighted by atomic mass is 32.2. The summed E-state index contributed by atoms with van der Waals surface area (Å²) < 4.78 is 29.3. The third kappa shape index (κ3) is 4.80. The predicted molar refractivity (Wildman–Crippen MR) is 122 cm³/mol. The van der Waals surface area contributed by atoms with Gasteiger partial charge >= 0.3 is 0 Å². The quantitative estimate of drug-likeness (QED) is 0.631. The summed E-state index contributed by atoms with van der Waals surface area (Å²) in [5.74, 6) is -0.0730. The van der Waals surface area contributed by atoms with E-state index in [1.165, 1.54) is 0 Å². The number of hydrogen-bond donors (Lipinski definition) is 1. The number of fused-ring (bicyclic) bond motifs is 1. The molecule has 7 nitrogen and oxygen atoms in total. The third-order valence-corrected chi connectivity index (χ3v) is 7.53. The summed E-state index contributed by atoms with van der Waals surface area (Å²) in [5.41, 5.74) is 4.44. The minimum absolute atomic E-state index is 0.0730. The highest BCUT2D eigenvalue weighted by molar-refractivity contribution is 7.89. The summed E-state index contributed by atoms with van der Waals surface area (Å²) in [5, 5.41) is 2.94. The summed E-state index contributed by atoms with van der Waals surface area (Å²) in [6.45, 7) is 5.61. The number of carbonyl (C=O) groups is 1. The van der Waals surface area contributed by atoms with Crippen molar-refractivity contribution in [2.45, 2.75) is 51.0 Å². The van der Waals surface area contributed by atoms with Crippen molar-refractivity contribution in [2.24, 2.45) is 0 Å².